The van der Waals surface area contributed by atoms with Gasteiger partial charge in [0.25, 0.3) is 0 Å². The number of halogens is 1. The summed E-state index contributed by atoms with van der Waals surface area (Å²) >= 11 is 0. The molecule has 1 aliphatic carbocycles. The molecule has 0 aromatic rings. The maximum atomic E-state index is 12.0. The van der Waals surface area contributed by atoms with Gasteiger partial charge in [0, 0.05) is 45.3 Å². The Labute approximate surface area is 188 Å². The van der Waals surface area contributed by atoms with Crippen LogP contribution in [-0.2, 0) is 9.53 Å². The summed E-state index contributed by atoms with van der Waals surface area (Å²) in [5.41, 5.74) is 0.172. The van der Waals surface area contributed by atoms with E-state index in [9.17, 15) is 4.79 Å². The highest BCUT2D eigenvalue weighted by Crippen LogP contribution is 2.33. The van der Waals surface area contributed by atoms with Crippen LogP contribution in [0.15, 0.2) is 4.99 Å². The number of carbonyl (C=O) groups excluding carboxylic acids is 1. The van der Waals surface area contributed by atoms with Crippen LogP contribution in [0.5, 0.6) is 0 Å². The van der Waals surface area contributed by atoms with Gasteiger partial charge in [0.2, 0.25) is 5.91 Å². The average molecular weight is 509 g/mol. The number of nitrogens with one attached hydrogen (secondary N) is 2. The Kier molecular flexibility index (Phi) is 11.7. The molecule has 1 atom stereocenters. The number of amides is 1. The highest BCUT2D eigenvalue weighted by atomic mass is 127. The highest BCUT2D eigenvalue weighted by Gasteiger charge is 2.38. The molecule has 0 spiro atoms. The number of aliphatic imine (C=N–C) groups is 1. The summed E-state index contributed by atoms with van der Waals surface area (Å²) in [4.78, 5) is 20.7. The third-order valence-electron chi connectivity index (χ3n) is 5.92. The summed E-state index contributed by atoms with van der Waals surface area (Å²) in [7, 11) is 3.53. The zero-order valence-electron chi connectivity index (χ0n) is 18.1. The lowest BCUT2D eigenvalue weighted by Gasteiger charge is -2.48. The fourth-order valence-corrected chi connectivity index (χ4v) is 3.88. The maximum Gasteiger partial charge on any atom is 0.243 e. The van der Waals surface area contributed by atoms with Crippen molar-refractivity contribution in [2.45, 2.75) is 64.0 Å². The Morgan fingerprint density at radius 1 is 1.21 bits per heavy atom. The van der Waals surface area contributed by atoms with Crippen LogP contribution in [0.1, 0.15) is 52.4 Å². The van der Waals surface area contributed by atoms with E-state index in [1.165, 1.54) is 32.1 Å². The van der Waals surface area contributed by atoms with Crippen molar-refractivity contribution in [3.05, 3.63) is 0 Å². The van der Waals surface area contributed by atoms with Crippen LogP contribution in [0.4, 0.5) is 0 Å². The molecular formula is C20H40IN5O2. The molecule has 7 nitrogen and oxygen atoms in total. The topological polar surface area (TPSA) is 69.2 Å². The second-order valence-corrected chi connectivity index (χ2v) is 8.14. The van der Waals surface area contributed by atoms with E-state index in [1.54, 1.807) is 19.0 Å². The third-order valence-corrected chi connectivity index (χ3v) is 5.92. The molecule has 2 fully saturated rings. The summed E-state index contributed by atoms with van der Waals surface area (Å²) in [6, 6.07) is 0.316. The molecule has 0 radical (unpaired) electrons. The molecule has 2 aliphatic rings. The van der Waals surface area contributed by atoms with E-state index in [1.807, 2.05) is 0 Å². The van der Waals surface area contributed by atoms with E-state index in [-0.39, 0.29) is 42.0 Å². The second kappa shape index (κ2) is 12.8. The molecule has 28 heavy (non-hydrogen) atoms. The average Bonchev–Trinajstić information content (AvgIpc) is 2.70. The summed E-state index contributed by atoms with van der Waals surface area (Å²) in [6.07, 6.45) is 7.33. The first-order chi connectivity index (χ1) is 13.0. The van der Waals surface area contributed by atoms with Gasteiger partial charge in [0.1, 0.15) is 6.54 Å². The lowest BCUT2D eigenvalue weighted by atomic mass is 9.80. The standard InChI is InChI=1S/C20H39N5O2.HI/c1-5-17(2)23-19(21-15-18(26)24(3)4)22-16-20(9-7-6-8-10-20)25-11-13-27-14-12-25;/h17H,5-16H2,1-4H3,(H2,21,22,23);1H. The highest BCUT2D eigenvalue weighted by molar-refractivity contribution is 14.0. The van der Waals surface area contributed by atoms with Crippen molar-refractivity contribution < 1.29 is 9.53 Å². The van der Waals surface area contributed by atoms with Crippen LogP contribution in [0.3, 0.4) is 0 Å². The van der Waals surface area contributed by atoms with Crippen LogP contribution in [0, 0.1) is 0 Å². The van der Waals surface area contributed by atoms with Gasteiger partial charge in [-0.2, -0.15) is 0 Å². The lowest BCUT2D eigenvalue weighted by Crippen LogP contribution is -2.60. The third kappa shape index (κ3) is 7.67. The van der Waals surface area contributed by atoms with Crippen molar-refractivity contribution in [2.75, 3.05) is 53.5 Å². The predicted octanol–water partition coefficient (Wildman–Crippen LogP) is 2.06. The number of guanidine groups is 1. The van der Waals surface area contributed by atoms with Crippen LogP contribution in [0.25, 0.3) is 0 Å². The molecule has 1 unspecified atom stereocenters. The van der Waals surface area contributed by atoms with E-state index in [0.717, 1.165) is 45.2 Å². The first-order valence-electron chi connectivity index (χ1n) is 10.5. The SMILES string of the molecule is CCC(C)NC(=NCC(=O)N(C)C)NCC1(N2CCOCC2)CCCCC1.I. The molecule has 1 saturated carbocycles. The Bertz CT molecular complexity index is 489. The van der Waals surface area contributed by atoms with E-state index in [4.69, 9.17) is 4.74 Å². The smallest absolute Gasteiger partial charge is 0.243 e. The Hall–Kier alpha value is -0.610. The molecular weight excluding hydrogens is 469 g/mol. The Morgan fingerprint density at radius 3 is 2.43 bits per heavy atom. The summed E-state index contributed by atoms with van der Waals surface area (Å²) in [5, 5.41) is 7.02. The van der Waals surface area contributed by atoms with Gasteiger partial charge in [-0.15, -0.1) is 24.0 Å². The molecule has 0 aromatic heterocycles. The second-order valence-electron chi connectivity index (χ2n) is 8.14. The van der Waals surface area contributed by atoms with Gasteiger partial charge < -0.3 is 20.3 Å². The van der Waals surface area contributed by atoms with Gasteiger partial charge in [-0.3, -0.25) is 9.69 Å². The van der Waals surface area contributed by atoms with E-state index in [2.05, 4.69) is 34.4 Å². The van der Waals surface area contributed by atoms with E-state index in [0.29, 0.717) is 6.04 Å². The molecule has 1 heterocycles. The lowest BCUT2D eigenvalue weighted by molar-refractivity contribution is -0.127. The number of likely N-dealkylation sites (N-methyl/N-ethyl adjacent to an activating group) is 1. The minimum absolute atomic E-state index is 0. The summed E-state index contributed by atoms with van der Waals surface area (Å²) in [5.74, 6) is 0.763. The van der Waals surface area contributed by atoms with Crippen LogP contribution in [0.2, 0.25) is 0 Å². The van der Waals surface area contributed by atoms with Crippen molar-refractivity contribution in [2.24, 2.45) is 4.99 Å². The maximum absolute atomic E-state index is 12.0. The summed E-state index contributed by atoms with van der Waals surface area (Å²) < 4.78 is 5.58. The molecule has 0 bridgehead atoms. The number of hydrogen-bond acceptors (Lipinski definition) is 4. The van der Waals surface area contributed by atoms with Crippen molar-refractivity contribution in [1.82, 2.24) is 20.4 Å². The minimum Gasteiger partial charge on any atom is -0.379 e. The predicted molar refractivity (Wildman–Crippen MR) is 126 cm³/mol. The number of rotatable bonds is 7. The molecule has 1 amide bonds. The van der Waals surface area contributed by atoms with Crippen molar-refractivity contribution >= 4 is 35.8 Å². The van der Waals surface area contributed by atoms with Gasteiger partial charge >= 0.3 is 0 Å². The van der Waals surface area contributed by atoms with Crippen LogP contribution >= 0.6 is 24.0 Å². The van der Waals surface area contributed by atoms with Gasteiger partial charge in [-0.1, -0.05) is 26.2 Å². The largest absolute Gasteiger partial charge is 0.379 e. The summed E-state index contributed by atoms with van der Waals surface area (Å²) in [6.45, 7) is 8.99. The number of carbonyl (C=O) groups is 1. The quantitative estimate of drug-likeness (QED) is 0.313. The van der Waals surface area contributed by atoms with Gasteiger partial charge in [0.05, 0.1) is 13.2 Å². The molecule has 164 valence electrons. The monoisotopic (exact) mass is 509 g/mol. The van der Waals surface area contributed by atoms with Crippen molar-refractivity contribution in [3.8, 4) is 0 Å². The van der Waals surface area contributed by atoms with Crippen LogP contribution < -0.4 is 10.6 Å². The fourth-order valence-electron chi connectivity index (χ4n) is 3.88. The van der Waals surface area contributed by atoms with E-state index >= 15 is 0 Å². The molecule has 2 rings (SSSR count). The zero-order valence-corrected chi connectivity index (χ0v) is 20.5. The number of morpholine rings is 1. The normalized spacial score (nSPS) is 21.4. The fraction of sp³-hybridized carbons (Fsp3) is 0.900. The number of ether oxygens (including phenoxy) is 1. The molecule has 0 aromatic carbocycles. The number of nitrogens with zero attached hydrogens (tertiary/aromatic N) is 3. The van der Waals surface area contributed by atoms with E-state index < -0.39 is 0 Å². The number of hydrogen-bond donors (Lipinski definition) is 2. The first kappa shape index (κ1) is 25.4. The molecule has 2 N–H and O–H groups in total. The molecule has 8 heteroatoms. The molecule has 1 aliphatic heterocycles. The Morgan fingerprint density at radius 2 is 1.86 bits per heavy atom. The van der Waals surface area contributed by atoms with Crippen LogP contribution in [-0.4, -0.2) is 86.7 Å². The van der Waals surface area contributed by atoms with Gasteiger partial charge in [0.15, 0.2) is 5.96 Å². The molecule has 1 saturated heterocycles. The van der Waals surface area contributed by atoms with Gasteiger partial charge in [-0.25, -0.2) is 4.99 Å². The first-order valence-corrected chi connectivity index (χ1v) is 10.5. The van der Waals surface area contributed by atoms with Crippen molar-refractivity contribution in [1.29, 1.82) is 0 Å². The minimum atomic E-state index is 0. The Balaban J connectivity index is 0.00000392. The van der Waals surface area contributed by atoms with Crippen molar-refractivity contribution in [3.63, 3.8) is 0 Å². The van der Waals surface area contributed by atoms with Gasteiger partial charge in [-0.05, 0) is 26.2 Å². The zero-order chi connectivity index (χ0) is 19.7.